The zero-order valence-electron chi connectivity index (χ0n) is 16.5. The molecular formula is C22H16ClN3O4S. The molecule has 0 spiro atoms. The van der Waals surface area contributed by atoms with E-state index in [4.69, 9.17) is 21.1 Å². The minimum atomic E-state index is -0.571. The molecule has 2 aromatic carbocycles. The number of ether oxygens (including phenoxy) is 2. The molecule has 3 aromatic rings. The van der Waals surface area contributed by atoms with Gasteiger partial charge in [-0.1, -0.05) is 17.7 Å². The van der Waals surface area contributed by atoms with Gasteiger partial charge in [-0.2, -0.15) is 0 Å². The summed E-state index contributed by atoms with van der Waals surface area (Å²) in [6.45, 7) is 1.44. The molecule has 7 nitrogen and oxygen atoms in total. The van der Waals surface area contributed by atoms with Gasteiger partial charge in [-0.25, -0.2) is 14.8 Å². The second kappa shape index (κ2) is 8.71. The van der Waals surface area contributed by atoms with Crippen molar-refractivity contribution in [1.29, 1.82) is 0 Å². The third-order valence-electron chi connectivity index (χ3n) is 4.32. The zero-order valence-corrected chi connectivity index (χ0v) is 18.1. The molecule has 0 bridgehead atoms. The number of benzene rings is 2. The van der Waals surface area contributed by atoms with Crippen molar-refractivity contribution in [3.63, 3.8) is 0 Å². The van der Waals surface area contributed by atoms with Crippen LogP contribution in [0.5, 0.6) is 5.75 Å². The van der Waals surface area contributed by atoms with E-state index in [-0.39, 0.29) is 17.5 Å². The van der Waals surface area contributed by atoms with Gasteiger partial charge in [0.1, 0.15) is 5.75 Å². The molecule has 0 saturated heterocycles. The summed E-state index contributed by atoms with van der Waals surface area (Å²) in [7, 11) is 1.57. The third kappa shape index (κ3) is 4.50. The van der Waals surface area contributed by atoms with Crippen molar-refractivity contribution in [2.45, 2.75) is 6.92 Å². The minimum Gasteiger partial charge on any atom is -0.497 e. The van der Waals surface area contributed by atoms with Crippen LogP contribution in [0.2, 0.25) is 5.02 Å². The number of cyclic esters (lactones) is 1. The fourth-order valence-electron chi connectivity index (χ4n) is 2.89. The number of esters is 1. The van der Waals surface area contributed by atoms with E-state index in [9.17, 15) is 9.59 Å². The first-order valence-electron chi connectivity index (χ1n) is 9.13. The van der Waals surface area contributed by atoms with Crippen LogP contribution in [-0.4, -0.2) is 29.9 Å². The minimum absolute atomic E-state index is 0.125. The van der Waals surface area contributed by atoms with E-state index < -0.39 is 5.97 Å². The SMILES string of the molecule is COc1ccc(C2=NC(=Cc3csc(N(C(C)=O)c4cccc(Cl)c4)n3)C(=O)O2)cc1. The molecule has 156 valence electrons. The molecule has 4 rings (SSSR count). The van der Waals surface area contributed by atoms with Crippen LogP contribution in [0.1, 0.15) is 18.2 Å². The van der Waals surface area contributed by atoms with Crippen LogP contribution >= 0.6 is 22.9 Å². The molecular weight excluding hydrogens is 438 g/mol. The molecule has 2 heterocycles. The second-order valence-corrected chi connectivity index (χ2v) is 7.73. The summed E-state index contributed by atoms with van der Waals surface area (Å²) in [5.41, 5.74) is 1.87. The summed E-state index contributed by atoms with van der Waals surface area (Å²) in [6.07, 6.45) is 1.52. The predicted octanol–water partition coefficient (Wildman–Crippen LogP) is 4.83. The first-order valence-corrected chi connectivity index (χ1v) is 10.4. The summed E-state index contributed by atoms with van der Waals surface area (Å²) in [4.78, 5) is 34.7. The van der Waals surface area contributed by atoms with Crippen LogP contribution in [0.25, 0.3) is 6.08 Å². The highest BCUT2D eigenvalue weighted by atomic mass is 35.5. The van der Waals surface area contributed by atoms with Crippen LogP contribution < -0.4 is 9.64 Å². The number of aliphatic imine (C=N–C) groups is 1. The first kappa shape index (κ1) is 20.8. The topological polar surface area (TPSA) is 81.1 Å². The lowest BCUT2D eigenvalue weighted by atomic mass is 10.2. The standard InChI is InChI=1S/C22H16ClN3O4S/c1-13(27)26(17-5-3-4-15(23)10-17)22-24-16(12-31-22)11-19-21(28)30-20(25-19)14-6-8-18(29-2)9-7-14/h3-12H,1-2H3. The van der Waals surface area contributed by atoms with E-state index in [0.29, 0.717) is 32.8 Å². The number of hydrogen-bond donors (Lipinski definition) is 0. The van der Waals surface area contributed by atoms with Crippen LogP contribution in [-0.2, 0) is 14.3 Å². The fourth-order valence-corrected chi connectivity index (χ4v) is 3.92. The molecule has 1 aromatic heterocycles. The van der Waals surface area contributed by atoms with Gasteiger partial charge in [0.05, 0.1) is 18.5 Å². The van der Waals surface area contributed by atoms with Crippen LogP contribution in [0.15, 0.2) is 64.6 Å². The Labute approximate surface area is 187 Å². The maximum Gasteiger partial charge on any atom is 0.363 e. The highest BCUT2D eigenvalue weighted by Crippen LogP contribution is 2.31. The van der Waals surface area contributed by atoms with Gasteiger partial charge in [0.2, 0.25) is 11.8 Å². The van der Waals surface area contributed by atoms with Crippen molar-refractivity contribution in [3.05, 3.63) is 75.9 Å². The number of amides is 1. The molecule has 9 heteroatoms. The third-order valence-corrected chi connectivity index (χ3v) is 5.40. The van der Waals surface area contributed by atoms with Crippen molar-refractivity contribution < 1.29 is 19.1 Å². The number of rotatable bonds is 5. The van der Waals surface area contributed by atoms with Gasteiger partial charge in [-0.3, -0.25) is 9.69 Å². The van der Waals surface area contributed by atoms with E-state index in [1.807, 2.05) is 0 Å². The number of thiazole rings is 1. The Morgan fingerprint density at radius 2 is 2.00 bits per heavy atom. The van der Waals surface area contributed by atoms with Crippen molar-refractivity contribution in [2.75, 3.05) is 12.0 Å². The molecule has 0 atom stereocenters. The highest BCUT2D eigenvalue weighted by Gasteiger charge is 2.25. The zero-order chi connectivity index (χ0) is 22.0. The Kier molecular flexibility index (Phi) is 5.83. The number of nitrogens with zero attached hydrogens (tertiary/aromatic N) is 3. The lowest BCUT2D eigenvalue weighted by Gasteiger charge is -2.18. The Bertz CT molecular complexity index is 1220. The first-order chi connectivity index (χ1) is 14.9. The van der Waals surface area contributed by atoms with Gasteiger partial charge in [0, 0.05) is 22.9 Å². The van der Waals surface area contributed by atoms with Gasteiger partial charge >= 0.3 is 5.97 Å². The number of hydrogen-bond acceptors (Lipinski definition) is 7. The number of anilines is 2. The molecule has 0 N–H and O–H groups in total. The second-order valence-electron chi connectivity index (χ2n) is 6.45. The molecule has 0 radical (unpaired) electrons. The summed E-state index contributed by atoms with van der Waals surface area (Å²) < 4.78 is 10.4. The number of methoxy groups -OCH3 is 1. The summed E-state index contributed by atoms with van der Waals surface area (Å²) >= 11 is 7.32. The molecule has 1 amide bonds. The Morgan fingerprint density at radius 1 is 1.23 bits per heavy atom. The van der Waals surface area contributed by atoms with Crippen LogP contribution in [0.3, 0.4) is 0 Å². The molecule has 0 saturated carbocycles. The Balaban J connectivity index is 1.61. The smallest absolute Gasteiger partial charge is 0.363 e. The van der Waals surface area contributed by atoms with E-state index in [2.05, 4.69) is 9.98 Å². The van der Waals surface area contributed by atoms with E-state index in [1.54, 1.807) is 61.0 Å². The maximum atomic E-state index is 12.3. The number of carbonyl (C=O) groups excluding carboxylic acids is 2. The number of halogens is 1. The highest BCUT2D eigenvalue weighted by molar-refractivity contribution is 7.14. The predicted molar refractivity (Wildman–Crippen MR) is 120 cm³/mol. The van der Waals surface area contributed by atoms with Crippen molar-refractivity contribution in [1.82, 2.24) is 4.98 Å². The van der Waals surface area contributed by atoms with E-state index in [0.717, 1.165) is 0 Å². The monoisotopic (exact) mass is 453 g/mol. The summed E-state index contributed by atoms with van der Waals surface area (Å²) in [5.74, 6) is 0.113. The summed E-state index contributed by atoms with van der Waals surface area (Å²) in [5, 5.41) is 2.70. The van der Waals surface area contributed by atoms with Gasteiger partial charge in [0.25, 0.3) is 0 Å². The van der Waals surface area contributed by atoms with Crippen molar-refractivity contribution >= 4 is 57.6 Å². The molecule has 0 unspecified atom stereocenters. The van der Waals surface area contributed by atoms with Crippen LogP contribution in [0, 0.1) is 0 Å². The average molecular weight is 454 g/mol. The van der Waals surface area contributed by atoms with E-state index in [1.165, 1.54) is 29.2 Å². The van der Waals surface area contributed by atoms with Gasteiger partial charge < -0.3 is 9.47 Å². The summed E-state index contributed by atoms with van der Waals surface area (Å²) in [6, 6.07) is 14.0. The van der Waals surface area contributed by atoms with Gasteiger partial charge in [0.15, 0.2) is 10.8 Å². The van der Waals surface area contributed by atoms with Gasteiger partial charge in [-0.15, -0.1) is 11.3 Å². The van der Waals surface area contributed by atoms with Crippen LogP contribution in [0.4, 0.5) is 10.8 Å². The molecule has 0 aliphatic carbocycles. The average Bonchev–Trinajstić information content (AvgIpc) is 3.35. The normalized spacial score (nSPS) is 14.4. The maximum absolute atomic E-state index is 12.3. The fraction of sp³-hybridized carbons (Fsp3) is 0.0909. The molecule has 1 aliphatic heterocycles. The van der Waals surface area contributed by atoms with Crippen molar-refractivity contribution in [3.8, 4) is 5.75 Å². The Morgan fingerprint density at radius 3 is 2.68 bits per heavy atom. The Hall–Kier alpha value is -3.49. The van der Waals surface area contributed by atoms with Gasteiger partial charge in [-0.05, 0) is 48.5 Å². The lowest BCUT2D eigenvalue weighted by Crippen LogP contribution is -2.22. The van der Waals surface area contributed by atoms with E-state index >= 15 is 0 Å². The lowest BCUT2D eigenvalue weighted by molar-refractivity contribution is -0.130. The molecule has 1 aliphatic rings. The quantitative estimate of drug-likeness (QED) is 0.408. The number of aromatic nitrogens is 1. The largest absolute Gasteiger partial charge is 0.497 e. The van der Waals surface area contributed by atoms with Crippen molar-refractivity contribution in [2.24, 2.45) is 4.99 Å². The molecule has 31 heavy (non-hydrogen) atoms. The number of carbonyl (C=O) groups is 2. The molecule has 0 fully saturated rings.